The van der Waals surface area contributed by atoms with Crippen molar-refractivity contribution in [2.75, 3.05) is 6.61 Å². The molecule has 1 aromatic heterocycles. The van der Waals surface area contributed by atoms with Gasteiger partial charge in [0.05, 0.1) is 0 Å². The van der Waals surface area contributed by atoms with Crippen LogP contribution < -0.4 is 0 Å². The van der Waals surface area contributed by atoms with E-state index in [1.807, 2.05) is 0 Å². The highest BCUT2D eigenvalue weighted by atomic mass is 19.3. The van der Waals surface area contributed by atoms with E-state index in [9.17, 15) is 8.78 Å². The van der Waals surface area contributed by atoms with Gasteiger partial charge < -0.3 is 9.63 Å². The Hall–Kier alpha value is -1.04. The third-order valence-corrected chi connectivity index (χ3v) is 3.04. The molecule has 1 heterocycles. The number of hydrogen-bond acceptors (Lipinski definition) is 4. The van der Waals surface area contributed by atoms with Crippen molar-refractivity contribution in [2.45, 2.75) is 50.4 Å². The van der Waals surface area contributed by atoms with Crippen LogP contribution >= 0.6 is 0 Å². The van der Waals surface area contributed by atoms with Gasteiger partial charge in [-0.05, 0) is 19.3 Å². The fraction of sp³-hybridized carbons (Fsp3) is 0.818. The molecule has 1 atom stereocenters. The van der Waals surface area contributed by atoms with Crippen LogP contribution in [0.2, 0.25) is 0 Å². The van der Waals surface area contributed by atoms with Gasteiger partial charge in [-0.1, -0.05) is 5.16 Å². The third kappa shape index (κ3) is 3.21. The van der Waals surface area contributed by atoms with E-state index in [2.05, 4.69) is 10.1 Å². The second-order valence-corrected chi connectivity index (χ2v) is 4.52. The monoisotopic (exact) mass is 246 g/mol. The van der Waals surface area contributed by atoms with Crippen LogP contribution in [0.1, 0.15) is 49.7 Å². The summed E-state index contributed by atoms with van der Waals surface area (Å²) in [5.74, 6) is -2.10. The minimum absolute atomic E-state index is 0.0429. The molecule has 1 saturated carbocycles. The van der Waals surface area contributed by atoms with Gasteiger partial charge >= 0.3 is 0 Å². The maximum atomic E-state index is 13.2. The number of alkyl halides is 2. The molecule has 1 fully saturated rings. The Morgan fingerprint density at radius 2 is 2.29 bits per heavy atom. The highest BCUT2D eigenvalue weighted by Crippen LogP contribution is 2.40. The lowest BCUT2D eigenvalue weighted by Gasteiger charge is -2.26. The number of aryl methyl sites for hydroxylation is 1. The van der Waals surface area contributed by atoms with Gasteiger partial charge in [-0.15, -0.1) is 0 Å². The summed E-state index contributed by atoms with van der Waals surface area (Å²) in [7, 11) is 0. The average molecular weight is 246 g/mol. The molecule has 1 aromatic rings. The van der Waals surface area contributed by atoms with Gasteiger partial charge in [-0.25, -0.2) is 8.78 Å². The smallest absolute Gasteiger partial charge is 0.248 e. The lowest BCUT2D eigenvalue weighted by Crippen LogP contribution is -2.25. The van der Waals surface area contributed by atoms with E-state index >= 15 is 0 Å². The molecular formula is C11H16F2N2O2. The largest absolute Gasteiger partial charge is 0.396 e. The van der Waals surface area contributed by atoms with Gasteiger partial charge in [0.15, 0.2) is 5.82 Å². The Bertz CT molecular complexity index is 368. The first-order chi connectivity index (χ1) is 8.11. The Morgan fingerprint density at radius 3 is 3.00 bits per heavy atom. The normalized spacial score (nSPS) is 23.8. The van der Waals surface area contributed by atoms with E-state index in [1.54, 1.807) is 0 Å². The van der Waals surface area contributed by atoms with Crippen molar-refractivity contribution in [1.29, 1.82) is 0 Å². The van der Waals surface area contributed by atoms with Gasteiger partial charge in [-0.2, -0.15) is 4.98 Å². The predicted molar refractivity (Wildman–Crippen MR) is 55.9 cm³/mol. The Balaban J connectivity index is 1.99. The van der Waals surface area contributed by atoms with Crippen LogP contribution in [0.4, 0.5) is 8.78 Å². The number of aliphatic hydroxyl groups excluding tert-OH is 1. The molecule has 0 bridgehead atoms. The highest BCUT2D eigenvalue weighted by Gasteiger charge is 2.38. The van der Waals surface area contributed by atoms with Crippen molar-refractivity contribution in [3.05, 3.63) is 11.7 Å². The Labute approximate surface area is 98.0 Å². The quantitative estimate of drug-likeness (QED) is 0.885. The zero-order chi connectivity index (χ0) is 12.3. The van der Waals surface area contributed by atoms with Crippen molar-refractivity contribution in [3.8, 4) is 0 Å². The minimum atomic E-state index is -2.60. The molecule has 0 radical (unpaired) electrons. The molecule has 1 N–H and O–H groups in total. The van der Waals surface area contributed by atoms with Crippen LogP contribution in [0.25, 0.3) is 0 Å². The first-order valence-corrected chi connectivity index (χ1v) is 5.92. The maximum Gasteiger partial charge on any atom is 0.248 e. The molecule has 2 rings (SSSR count). The summed E-state index contributed by atoms with van der Waals surface area (Å²) in [5.41, 5.74) is 0. The standard InChI is InChI=1S/C11H16F2N2O2/c12-11(13)5-1-3-8(7-11)10-14-9(17-15-10)4-2-6-16/h8,16H,1-7H2. The number of aromatic nitrogens is 2. The zero-order valence-corrected chi connectivity index (χ0v) is 9.53. The summed E-state index contributed by atoms with van der Waals surface area (Å²) < 4.78 is 31.4. The summed E-state index contributed by atoms with van der Waals surface area (Å²) in [5, 5.41) is 12.4. The molecular weight excluding hydrogens is 230 g/mol. The molecule has 6 heteroatoms. The van der Waals surface area contributed by atoms with Crippen molar-refractivity contribution >= 4 is 0 Å². The molecule has 1 aliphatic rings. The molecule has 0 amide bonds. The van der Waals surface area contributed by atoms with Gasteiger partial charge in [0.1, 0.15) is 0 Å². The second kappa shape index (κ2) is 5.08. The molecule has 0 aliphatic heterocycles. The SMILES string of the molecule is OCCCc1nc(C2CCCC(F)(F)C2)no1. The topological polar surface area (TPSA) is 59.2 Å². The molecule has 1 aliphatic carbocycles. The molecule has 0 aromatic carbocycles. The first kappa shape index (κ1) is 12.4. The number of nitrogens with zero attached hydrogens (tertiary/aromatic N) is 2. The number of hydrogen-bond donors (Lipinski definition) is 1. The maximum absolute atomic E-state index is 13.2. The summed E-state index contributed by atoms with van der Waals surface area (Å²) in [6.07, 6.45) is 1.99. The van der Waals surface area contributed by atoms with Gasteiger partial charge in [-0.3, -0.25) is 0 Å². The van der Waals surface area contributed by atoms with E-state index in [0.717, 1.165) is 0 Å². The van der Waals surface area contributed by atoms with E-state index in [1.165, 1.54) is 0 Å². The van der Waals surface area contributed by atoms with E-state index < -0.39 is 5.92 Å². The number of halogens is 2. The average Bonchev–Trinajstić information content (AvgIpc) is 2.73. The van der Waals surface area contributed by atoms with Gasteiger partial charge in [0.2, 0.25) is 11.8 Å². The van der Waals surface area contributed by atoms with E-state index in [4.69, 9.17) is 9.63 Å². The second-order valence-electron chi connectivity index (χ2n) is 4.52. The lowest BCUT2D eigenvalue weighted by atomic mass is 9.86. The van der Waals surface area contributed by atoms with Crippen LogP contribution in [0.5, 0.6) is 0 Å². The van der Waals surface area contributed by atoms with Crippen molar-refractivity contribution in [2.24, 2.45) is 0 Å². The van der Waals surface area contributed by atoms with Crippen molar-refractivity contribution < 1.29 is 18.4 Å². The van der Waals surface area contributed by atoms with Crippen LogP contribution in [0, 0.1) is 0 Å². The highest BCUT2D eigenvalue weighted by molar-refractivity contribution is 5.00. The van der Waals surface area contributed by atoms with Crippen LogP contribution in [-0.2, 0) is 6.42 Å². The fourth-order valence-electron chi connectivity index (χ4n) is 2.16. The third-order valence-electron chi connectivity index (χ3n) is 3.04. The van der Waals surface area contributed by atoms with Gasteiger partial charge in [0.25, 0.3) is 0 Å². The summed E-state index contributed by atoms with van der Waals surface area (Å²) in [6.45, 7) is 0.0548. The first-order valence-electron chi connectivity index (χ1n) is 5.92. The Morgan fingerprint density at radius 1 is 1.47 bits per heavy atom. The predicted octanol–water partition coefficient (Wildman–Crippen LogP) is 2.29. The fourth-order valence-corrected chi connectivity index (χ4v) is 2.16. The van der Waals surface area contributed by atoms with Gasteiger partial charge in [0, 0.05) is 31.8 Å². The summed E-state index contributed by atoms with van der Waals surface area (Å²) in [6, 6.07) is 0. The van der Waals surface area contributed by atoms with Crippen LogP contribution in [-0.4, -0.2) is 27.8 Å². The number of rotatable bonds is 4. The van der Waals surface area contributed by atoms with Crippen LogP contribution in [0.3, 0.4) is 0 Å². The number of aliphatic hydroxyl groups is 1. The van der Waals surface area contributed by atoms with E-state index in [-0.39, 0.29) is 25.4 Å². The minimum Gasteiger partial charge on any atom is -0.396 e. The summed E-state index contributed by atoms with van der Waals surface area (Å²) >= 11 is 0. The molecule has 0 saturated heterocycles. The van der Waals surface area contributed by atoms with E-state index in [0.29, 0.717) is 37.4 Å². The Kier molecular flexibility index (Phi) is 3.71. The van der Waals surface area contributed by atoms with Crippen LogP contribution in [0.15, 0.2) is 4.52 Å². The molecule has 1 unspecified atom stereocenters. The molecule has 17 heavy (non-hydrogen) atoms. The molecule has 0 spiro atoms. The lowest BCUT2D eigenvalue weighted by molar-refractivity contribution is -0.0418. The molecule has 4 nitrogen and oxygen atoms in total. The molecule has 96 valence electrons. The van der Waals surface area contributed by atoms with Crippen molar-refractivity contribution in [3.63, 3.8) is 0 Å². The zero-order valence-electron chi connectivity index (χ0n) is 9.53. The van der Waals surface area contributed by atoms with Crippen molar-refractivity contribution in [1.82, 2.24) is 10.1 Å². The summed E-state index contributed by atoms with van der Waals surface area (Å²) in [4.78, 5) is 4.11.